The number of benzene rings is 1. The van der Waals surface area contributed by atoms with Crippen LogP contribution < -0.4 is 4.57 Å². The molecule has 0 aliphatic rings. The van der Waals surface area contributed by atoms with Crippen LogP contribution in [0.2, 0.25) is 0 Å². The number of para-hydroxylation sites is 1. The standard InChI is InChI=1S/C14H20NS.CHF3O3S/c1-3-4-5-8-11-15-12(2)16-14-10-7-6-9-13(14)15;2-1(3,4)8(5,6)7/h6-7,9-10H,3-5,8,11H2,1-2H3;(H,5,6,7)/q+1;/p-1. The first-order valence-electron chi connectivity index (χ1n) is 7.48. The first-order valence-corrected chi connectivity index (χ1v) is 9.70. The minimum Gasteiger partial charge on any atom is -0.741 e. The van der Waals surface area contributed by atoms with E-state index >= 15 is 0 Å². The van der Waals surface area contributed by atoms with Crippen molar-refractivity contribution in [2.75, 3.05) is 0 Å². The maximum Gasteiger partial charge on any atom is 0.485 e. The number of hydrogen-bond acceptors (Lipinski definition) is 4. The van der Waals surface area contributed by atoms with Gasteiger partial charge in [0.25, 0.3) is 0 Å². The highest BCUT2D eigenvalue weighted by atomic mass is 32.2. The summed E-state index contributed by atoms with van der Waals surface area (Å²) in [6, 6.07) is 8.71. The van der Waals surface area contributed by atoms with Crippen molar-refractivity contribution < 1.29 is 30.7 Å². The van der Waals surface area contributed by atoms with Crippen molar-refractivity contribution in [2.24, 2.45) is 0 Å². The van der Waals surface area contributed by atoms with Gasteiger partial charge >= 0.3 is 5.51 Å². The lowest BCUT2D eigenvalue weighted by molar-refractivity contribution is -0.673. The summed E-state index contributed by atoms with van der Waals surface area (Å²) < 4.78 is 62.8. The Labute approximate surface area is 143 Å². The second-order valence-electron chi connectivity index (χ2n) is 5.20. The second kappa shape index (κ2) is 8.77. The number of thiazole rings is 1. The fourth-order valence-electron chi connectivity index (χ4n) is 2.12. The Bertz CT molecular complexity index is 755. The van der Waals surface area contributed by atoms with Gasteiger partial charge in [-0.25, -0.2) is 8.42 Å². The summed E-state index contributed by atoms with van der Waals surface area (Å²) in [5.74, 6) is 0. The Morgan fingerprint density at radius 1 is 1.17 bits per heavy atom. The molecule has 4 nitrogen and oxygen atoms in total. The Hall–Kier alpha value is -1.19. The Kier molecular flexibility index (Phi) is 7.62. The molecule has 24 heavy (non-hydrogen) atoms. The number of unbranched alkanes of at least 4 members (excludes halogenated alkanes) is 3. The number of rotatable bonds is 5. The molecule has 1 aromatic carbocycles. The van der Waals surface area contributed by atoms with Crippen molar-refractivity contribution in [1.29, 1.82) is 0 Å². The molecule has 0 saturated carbocycles. The molecule has 0 fully saturated rings. The monoisotopic (exact) mass is 383 g/mol. The third-order valence-corrected chi connectivity index (χ3v) is 4.96. The van der Waals surface area contributed by atoms with Crippen LogP contribution in [-0.2, 0) is 16.7 Å². The van der Waals surface area contributed by atoms with E-state index in [1.54, 1.807) is 0 Å². The molecular weight excluding hydrogens is 363 g/mol. The largest absolute Gasteiger partial charge is 0.741 e. The quantitative estimate of drug-likeness (QED) is 0.338. The van der Waals surface area contributed by atoms with Crippen LogP contribution in [0.3, 0.4) is 0 Å². The highest BCUT2D eigenvalue weighted by Crippen LogP contribution is 2.20. The minimum absolute atomic E-state index is 1.18. The van der Waals surface area contributed by atoms with E-state index in [1.165, 1.54) is 47.5 Å². The molecule has 0 unspecified atom stereocenters. The van der Waals surface area contributed by atoms with E-state index in [1.807, 2.05) is 11.3 Å². The highest BCUT2D eigenvalue weighted by Gasteiger charge is 2.36. The maximum atomic E-state index is 10.7. The van der Waals surface area contributed by atoms with E-state index in [4.69, 9.17) is 13.0 Å². The van der Waals surface area contributed by atoms with Gasteiger partial charge in [0.05, 0.1) is 0 Å². The van der Waals surface area contributed by atoms with Crippen molar-refractivity contribution in [2.45, 2.75) is 51.6 Å². The van der Waals surface area contributed by atoms with Gasteiger partial charge in [-0.3, -0.25) is 0 Å². The number of alkyl halides is 3. The summed E-state index contributed by atoms with van der Waals surface area (Å²) in [5.41, 5.74) is -4.24. The highest BCUT2D eigenvalue weighted by molar-refractivity contribution is 7.86. The van der Waals surface area contributed by atoms with Crippen LogP contribution in [0.25, 0.3) is 10.2 Å². The van der Waals surface area contributed by atoms with Gasteiger partial charge in [-0.15, -0.1) is 0 Å². The molecule has 1 aromatic heterocycles. The number of nitrogens with zero attached hydrogens (tertiary/aromatic N) is 1. The number of aryl methyl sites for hydroxylation is 2. The topological polar surface area (TPSA) is 61.1 Å². The Balaban J connectivity index is 0.000000307. The normalized spacial score (nSPS) is 12.1. The first-order chi connectivity index (χ1) is 11.1. The average molecular weight is 383 g/mol. The van der Waals surface area contributed by atoms with Crippen molar-refractivity contribution in [3.8, 4) is 0 Å². The molecule has 0 atom stereocenters. The predicted molar refractivity (Wildman–Crippen MR) is 86.7 cm³/mol. The third-order valence-electron chi connectivity index (χ3n) is 3.31. The second-order valence-corrected chi connectivity index (χ2v) is 7.81. The van der Waals surface area contributed by atoms with E-state index in [2.05, 4.69) is 42.7 Å². The zero-order valence-corrected chi connectivity index (χ0v) is 15.1. The molecule has 0 spiro atoms. The van der Waals surface area contributed by atoms with Crippen LogP contribution in [0.15, 0.2) is 24.3 Å². The molecule has 0 amide bonds. The summed E-state index contributed by atoms with van der Waals surface area (Å²) >= 11 is 1.91. The zero-order valence-electron chi connectivity index (χ0n) is 13.5. The van der Waals surface area contributed by atoms with Crippen molar-refractivity contribution in [3.63, 3.8) is 0 Å². The van der Waals surface area contributed by atoms with Gasteiger partial charge in [0.1, 0.15) is 11.2 Å². The Morgan fingerprint density at radius 2 is 1.75 bits per heavy atom. The van der Waals surface area contributed by atoms with E-state index in [0.29, 0.717) is 0 Å². The summed E-state index contributed by atoms with van der Waals surface area (Å²) in [6.45, 7) is 5.67. The van der Waals surface area contributed by atoms with Crippen LogP contribution in [0, 0.1) is 6.92 Å². The molecule has 2 aromatic rings. The average Bonchev–Trinajstić information content (AvgIpc) is 2.78. The van der Waals surface area contributed by atoms with Crippen molar-refractivity contribution in [1.82, 2.24) is 0 Å². The molecule has 0 aliphatic heterocycles. The van der Waals surface area contributed by atoms with Crippen molar-refractivity contribution in [3.05, 3.63) is 29.3 Å². The van der Waals surface area contributed by atoms with Gasteiger partial charge in [-0.2, -0.15) is 17.7 Å². The number of halogens is 3. The van der Waals surface area contributed by atoms with Crippen LogP contribution in [0.5, 0.6) is 0 Å². The fourth-order valence-corrected chi connectivity index (χ4v) is 3.17. The minimum atomic E-state index is -6.09. The summed E-state index contributed by atoms with van der Waals surface area (Å²) in [7, 11) is -6.09. The lowest BCUT2D eigenvalue weighted by atomic mass is 10.2. The Morgan fingerprint density at radius 3 is 2.29 bits per heavy atom. The molecular formula is C15H20F3NO3S2. The lowest BCUT2D eigenvalue weighted by Crippen LogP contribution is -2.34. The van der Waals surface area contributed by atoms with E-state index in [-0.39, 0.29) is 0 Å². The van der Waals surface area contributed by atoms with Crippen LogP contribution in [0.4, 0.5) is 13.2 Å². The van der Waals surface area contributed by atoms with Crippen molar-refractivity contribution >= 4 is 31.7 Å². The van der Waals surface area contributed by atoms with Crippen LogP contribution >= 0.6 is 11.3 Å². The number of hydrogen-bond donors (Lipinski definition) is 0. The smallest absolute Gasteiger partial charge is 0.485 e. The molecule has 136 valence electrons. The van der Waals surface area contributed by atoms with Gasteiger partial charge < -0.3 is 4.55 Å². The molecule has 0 radical (unpaired) electrons. The third kappa shape index (κ3) is 6.03. The number of fused-ring (bicyclic) bond motifs is 1. The van der Waals surface area contributed by atoms with Gasteiger partial charge in [0.2, 0.25) is 10.5 Å². The van der Waals surface area contributed by atoms with Crippen LogP contribution in [-0.4, -0.2) is 18.5 Å². The number of aromatic nitrogens is 1. The first kappa shape index (κ1) is 20.9. The van der Waals surface area contributed by atoms with Gasteiger partial charge in [-0.05, 0) is 12.5 Å². The summed E-state index contributed by atoms with van der Waals surface area (Å²) in [4.78, 5) is 0. The molecule has 0 saturated heterocycles. The van der Waals surface area contributed by atoms with Gasteiger partial charge in [0.15, 0.2) is 10.1 Å². The molecule has 0 N–H and O–H groups in total. The van der Waals surface area contributed by atoms with Gasteiger partial charge in [0, 0.05) is 19.4 Å². The SMILES string of the molecule is CCCCCC[n+]1c(C)sc2ccccc21.O=S(=O)([O-])C(F)(F)F. The molecule has 2 rings (SSSR count). The molecule has 9 heteroatoms. The predicted octanol–water partition coefficient (Wildman–Crippen LogP) is 4.13. The summed E-state index contributed by atoms with van der Waals surface area (Å²) in [5, 5.41) is 1.43. The van der Waals surface area contributed by atoms with Gasteiger partial charge in [-0.1, -0.05) is 43.2 Å². The van der Waals surface area contributed by atoms with E-state index in [0.717, 1.165) is 0 Å². The van der Waals surface area contributed by atoms with E-state index < -0.39 is 15.6 Å². The maximum absolute atomic E-state index is 10.7. The molecule has 0 bridgehead atoms. The summed E-state index contributed by atoms with van der Waals surface area (Å²) in [6.07, 6.45) is 5.34. The van der Waals surface area contributed by atoms with E-state index in [9.17, 15) is 13.2 Å². The lowest BCUT2D eigenvalue weighted by Gasteiger charge is -2.08. The molecule has 1 heterocycles. The zero-order chi connectivity index (χ0) is 18.4. The van der Waals surface area contributed by atoms with Crippen LogP contribution in [0.1, 0.15) is 37.6 Å². The fraction of sp³-hybridized carbons (Fsp3) is 0.533. The molecule has 0 aliphatic carbocycles.